The standard InChI is InChI=1S/C12H21N3O/c1-10(2)8-11-13-12(16-14-11)9-15-6-4-3-5-7-15/h10H,3-9H2,1-2H3. The van der Waals surface area contributed by atoms with Crippen LogP contribution in [-0.4, -0.2) is 28.1 Å². The molecule has 2 heterocycles. The summed E-state index contributed by atoms with van der Waals surface area (Å²) < 4.78 is 5.27. The molecule has 1 saturated heterocycles. The van der Waals surface area contributed by atoms with Crippen molar-refractivity contribution in [1.29, 1.82) is 0 Å². The van der Waals surface area contributed by atoms with E-state index in [9.17, 15) is 0 Å². The molecule has 4 nitrogen and oxygen atoms in total. The highest BCUT2D eigenvalue weighted by Gasteiger charge is 2.14. The first-order valence-corrected chi connectivity index (χ1v) is 6.28. The second-order valence-corrected chi connectivity index (χ2v) is 5.04. The number of aromatic nitrogens is 2. The molecule has 1 aromatic heterocycles. The molecule has 0 atom stereocenters. The maximum atomic E-state index is 5.27. The van der Waals surface area contributed by atoms with Gasteiger partial charge in [0.05, 0.1) is 6.54 Å². The van der Waals surface area contributed by atoms with E-state index < -0.39 is 0 Å². The first-order chi connectivity index (χ1) is 7.74. The van der Waals surface area contributed by atoms with Crippen LogP contribution >= 0.6 is 0 Å². The minimum atomic E-state index is 0.584. The Morgan fingerprint density at radius 3 is 2.69 bits per heavy atom. The van der Waals surface area contributed by atoms with Crippen molar-refractivity contribution in [3.63, 3.8) is 0 Å². The van der Waals surface area contributed by atoms with Crippen LogP contribution < -0.4 is 0 Å². The number of rotatable bonds is 4. The molecule has 4 heteroatoms. The SMILES string of the molecule is CC(C)Cc1noc(CN2CCCCC2)n1. The van der Waals surface area contributed by atoms with Gasteiger partial charge in [0.1, 0.15) is 0 Å². The average Bonchev–Trinajstić information content (AvgIpc) is 2.66. The average molecular weight is 223 g/mol. The van der Waals surface area contributed by atoms with Crippen molar-refractivity contribution < 1.29 is 4.52 Å². The van der Waals surface area contributed by atoms with Crippen LogP contribution in [0.25, 0.3) is 0 Å². The monoisotopic (exact) mass is 223 g/mol. The fraction of sp³-hybridized carbons (Fsp3) is 0.833. The molecule has 0 aliphatic carbocycles. The van der Waals surface area contributed by atoms with Crippen molar-refractivity contribution in [2.24, 2.45) is 5.92 Å². The molecule has 1 aliphatic rings. The van der Waals surface area contributed by atoms with Crippen LogP contribution in [0.3, 0.4) is 0 Å². The zero-order valence-corrected chi connectivity index (χ0v) is 10.3. The van der Waals surface area contributed by atoms with Crippen molar-refractivity contribution in [3.8, 4) is 0 Å². The fourth-order valence-electron chi connectivity index (χ4n) is 2.11. The minimum Gasteiger partial charge on any atom is -0.338 e. The van der Waals surface area contributed by atoms with Gasteiger partial charge in [-0.15, -0.1) is 0 Å². The summed E-state index contributed by atoms with van der Waals surface area (Å²) >= 11 is 0. The van der Waals surface area contributed by atoms with E-state index in [1.165, 1.54) is 32.4 Å². The third-order valence-electron chi connectivity index (χ3n) is 2.91. The molecule has 0 unspecified atom stereocenters. The summed E-state index contributed by atoms with van der Waals surface area (Å²) in [4.78, 5) is 6.82. The molecule has 0 aromatic carbocycles. The summed E-state index contributed by atoms with van der Waals surface area (Å²) in [6, 6.07) is 0. The predicted molar refractivity (Wildman–Crippen MR) is 62.0 cm³/mol. The van der Waals surface area contributed by atoms with E-state index in [0.717, 1.165) is 24.7 Å². The number of nitrogens with zero attached hydrogens (tertiary/aromatic N) is 3. The Bertz CT molecular complexity index is 316. The molecule has 0 amide bonds. The van der Waals surface area contributed by atoms with Gasteiger partial charge in [0.25, 0.3) is 0 Å². The summed E-state index contributed by atoms with van der Waals surface area (Å²) in [5.74, 6) is 2.21. The van der Waals surface area contributed by atoms with E-state index >= 15 is 0 Å². The first kappa shape index (κ1) is 11.6. The largest absolute Gasteiger partial charge is 0.338 e. The lowest BCUT2D eigenvalue weighted by atomic mass is 10.1. The molecule has 16 heavy (non-hydrogen) atoms. The maximum absolute atomic E-state index is 5.27. The third kappa shape index (κ3) is 3.30. The third-order valence-corrected chi connectivity index (χ3v) is 2.91. The lowest BCUT2D eigenvalue weighted by molar-refractivity contribution is 0.193. The number of hydrogen-bond acceptors (Lipinski definition) is 4. The highest BCUT2D eigenvalue weighted by molar-refractivity contribution is 4.87. The van der Waals surface area contributed by atoms with Crippen molar-refractivity contribution >= 4 is 0 Å². The Morgan fingerprint density at radius 2 is 2.00 bits per heavy atom. The lowest BCUT2D eigenvalue weighted by Gasteiger charge is -2.24. The smallest absolute Gasteiger partial charge is 0.240 e. The number of likely N-dealkylation sites (tertiary alicyclic amines) is 1. The molecular weight excluding hydrogens is 202 g/mol. The zero-order chi connectivity index (χ0) is 11.4. The van der Waals surface area contributed by atoms with Crippen molar-refractivity contribution in [2.75, 3.05) is 13.1 Å². The Kier molecular flexibility index (Phi) is 3.93. The first-order valence-electron chi connectivity index (χ1n) is 6.28. The van der Waals surface area contributed by atoms with Crippen molar-refractivity contribution in [2.45, 2.75) is 46.1 Å². The quantitative estimate of drug-likeness (QED) is 0.785. The summed E-state index contributed by atoms with van der Waals surface area (Å²) in [5.41, 5.74) is 0. The normalized spacial score (nSPS) is 18.2. The molecule has 1 aliphatic heterocycles. The number of hydrogen-bond donors (Lipinski definition) is 0. The molecule has 0 radical (unpaired) electrons. The summed E-state index contributed by atoms with van der Waals surface area (Å²) in [5, 5.41) is 4.01. The van der Waals surface area contributed by atoms with E-state index in [-0.39, 0.29) is 0 Å². The van der Waals surface area contributed by atoms with Crippen molar-refractivity contribution in [1.82, 2.24) is 15.0 Å². The topological polar surface area (TPSA) is 42.2 Å². The molecule has 90 valence electrons. The van der Waals surface area contributed by atoms with Crippen LogP contribution in [0.1, 0.15) is 44.8 Å². The highest BCUT2D eigenvalue weighted by atomic mass is 16.5. The van der Waals surface area contributed by atoms with E-state index in [4.69, 9.17) is 4.52 Å². The molecule has 0 bridgehead atoms. The van der Waals surface area contributed by atoms with E-state index in [0.29, 0.717) is 5.92 Å². The fourth-order valence-corrected chi connectivity index (χ4v) is 2.11. The Balaban J connectivity index is 1.86. The second-order valence-electron chi connectivity index (χ2n) is 5.04. The molecule has 0 N–H and O–H groups in total. The van der Waals surface area contributed by atoms with Gasteiger partial charge in [0.15, 0.2) is 5.82 Å². The van der Waals surface area contributed by atoms with Crippen LogP contribution in [0.2, 0.25) is 0 Å². The van der Waals surface area contributed by atoms with Gasteiger partial charge in [0.2, 0.25) is 5.89 Å². The van der Waals surface area contributed by atoms with Gasteiger partial charge in [-0.25, -0.2) is 0 Å². The van der Waals surface area contributed by atoms with Crippen LogP contribution in [0.4, 0.5) is 0 Å². The summed E-state index contributed by atoms with van der Waals surface area (Å²) in [6.07, 6.45) is 4.86. The maximum Gasteiger partial charge on any atom is 0.240 e. The van der Waals surface area contributed by atoms with Crippen LogP contribution in [0, 0.1) is 5.92 Å². The van der Waals surface area contributed by atoms with Crippen LogP contribution in [-0.2, 0) is 13.0 Å². The molecule has 0 saturated carbocycles. The van der Waals surface area contributed by atoms with Gasteiger partial charge in [-0.2, -0.15) is 4.98 Å². The molecule has 1 aromatic rings. The van der Waals surface area contributed by atoms with Crippen LogP contribution in [0.5, 0.6) is 0 Å². The van der Waals surface area contributed by atoms with Gasteiger partial charge in [-0.05, 0) is 31.8 Å². The second kappa shape index (κ2) is 5.43. The van der Waals surface area contributed by atoms with Gasteiger partial charge in [-0.3, -0.25) is 4.90 Å². The van der Waals surface area contributed by atoms with Gasteiger partial charge < -0.3 is 4.52 Å². The zero-order valence-electron chi connectivity index (χ0n) is 10.3. The van der Waals surface area contributed by atoms with Crippen molar-refractivity contribution in [3.05, 3.63) is 11.7 Å². The van der Waals surface area contributed by atoms with E-state index in [2.05, 4.69) is 28.9 Å². The summed E-state index contributed by atoms with van der Waals surface area (Å²) in [7, 11) is 0. The highest BCUT2D eigenvalue weighted by Crippen LogP contribution is 2.12. The Hall–Kier alpha value is -0.900. The van der Waals surface area contributed by atoms with Gasteiger partial charge in [-0.1, -0.05) is 25.4 Å². The minimum absolute atomic E-state index is 0.584. The summed E-state index contributed by atoms with van der Waals surface area (Å²) in [6.45, 7) is 7.50. The molecule has 0 spiro atoms. The molecule has 1 fully saturated rings. The Morgan fingerprint density at radius 1 is 1.25 bits per heavy atom. The lowest BCUT2D eigenvalue weighted by Crippen LogP contribution is -2.29. The molecule has 2 rings (SSSR count). The molecular formula is C12H21N3O. The number of piperidine rings is 1. The predicted octanol–water partition coefficient (Wildman–Crippen LogP) is 2.25. The van der Waals surface area contributed by atoms with E-state index in [1.807, 2.05) is 0 Å². The van der Waals surface area contributed by atoms with Crippen LogP contribution in [0.15, 0.2) is 4.52 Å². The Labute approximate surface area is 97.0 Å². The van der Waals surface area contributed by atoms with Gasteiger partial charge >= 0.3 is 0 Å². The van der Waals surface area contributed by atoms with E-state index in [1.54, 1.807) is 0 Å². The van der Waals surface area contributed by atoms with Gasteiger partial charge in [0, 0.05) is 6.42 Å².